The van der Waals surface area contributed by atoms with Crippen molar-refractivity contribution in [1.82, 2.24) is 10.7 Å². The summed E-state index contributed by atoms with van der Waals surface area (Å²) in [4.78, 5) is 0. The molecule has 0 bridgehead atoms. The van der Waals surface area contributed by atoms with Gasteiger partial charge in [-0.25, -0.2) is 5.84 Å². The number of hydrazine groups is 1. The molecule has 0 aliphatic rings. The Morgan fingerprint density at radius 3 is 2.78 bits per heavy atom. The third-order valence-corrected chi connectivity index (χ3v) is 0.873. The molecule has 0 rings (SSSR count). The smallest absolute Gasteiger partial charge is 0.157 e. The average Bonchev–Trinajstić information content (AvgIpc) is 1.91. The largest absolute Gasteiger partial charge is 0.364 e. The molecule has 0 atom stereocenters. The van der Waals surface area contributed by atoms with Gasteiger partial charge in [-0.2, -0.15) is 0 Å². The average molecular weight is 127 g/mol. The fourth-order valence-corrected chi connectivity index (χ4v) is 0.415. The molecule has 0 amide bonds. The lowest BCUT2D eigenvalue weighted by Crippen LogP contribution is -2.31. The van der Waals surface area contributed by atoms with Crippen molar-refractivity contribution < 1.29 is 0 Å². The Morgan fingerprint density at radius 1 is 1.78 bits per heavy atom. The Hall–Kier alpha value is -0.920. The standard InChI is InChI=1S/C6H13N3/c1-3-5-8-6(4-2)9-7/h8-9H,2-3,5,7H2,1H3. The Labute approximate surface area is 55.6 Å². The lowest BCUT2D eigenvalue weighted by molar-refractivity contribution is 0.693. The van der Waals surface area contributed by atoms with Crippen molar-refractivity contribution in [3.05, 3.63) is 18.1 Å². The molecule has 0 aliphatic carbocycles. The van der Waals surface area contributed by atoms with Crippen LogP contribution in [0, 0.1) is 0 Å². The van der Waals surface area contributed by atoms with E-state index in [9.17, 15) is 0 Å². The first-order valence-electron chi connectivity index (χ1n) is 2.95. The van der Waals surface area contributed by atoms with Gasteiger partial charge in [-0.05, 0) is 6.42 Å². The molecule has 0 spiro atoms. The van der Waals surface area contributed by atoms with Crippen LogP contribution < -0.4 is 16.6 Å². The summed E-state index contributed by atoms with van der Waals surface area (Å²) < 4.78 is 0. The minimum atomic E-state index is 0.650. The molecule has 0 unspecified atom stereocenters. The number of hydrogen-bond donors (Lipinski definition) is 3. The minimum absolute atomic E-state index is 0.650. The number of rotatable bonds is 4. The second-order valence-electron chi connectivity index (χ2n) is 1.62. The van der Waals surface area contributed by atoms with E-state index < -0.39 is 0 Å². The van der Waals surface area contributed by atoms with Gasteiger partial charge in [-0.1, -0.05) is 19.2 Å². The van der Waals surface area contributed by atoms with Gasteiger partial charge in [-0.3, -0.25) is 0 Å². The van der Waals surface area contributed by atoms with E-state index in [1.807, 2.05) is 0 Å². The molecule has 0 heterocycles. The minimum Gasteiger partial charge on any atom is -0.364 e. The van der Waals surface area contributed by atoms with Crippen molar-refractivity contribution in [3.63, 3.8) is 0 Å². The molecule has 0 aromatic heterocycles. The third-order valence-electron chi connectivity index (χ3n) is 0.873. The van der Waals surface area contributed by atoms with Gasteiger partial charge in [0.2, 0.25) is 0 Å². The molecular weight excluding hydrogens is 114 g/mol. The number of nitrogens with one attached hydrogen (secondary N) is 2. The van der Waals surface area contributed by atoms with Crippen molar-refractivity contribution >= 4 is 0 Å². The van der Waals surface area contributed by atoms with E-state index in [1.165, 1.54) is 0 Å². The van der Waals surface area contributed by atoms with E-state index in [0.717, 1.165) is 13.0 Å². The highest BCUT2D eigenvalue weighted by Gasteiger charge is 1.84. The summed E-state index contributed by atoms with van der Waals surface area (Å²) in [6.07, 6.45) is 1.06. The second-order valence-corrected chi connectivity index (χ2v) is 1.62. The topological polar surface area (TPSA) is 50.1 Å². The van der Waals surface area contributed by atoms with E-state index in [0.29, 0.717) is 5.82 Å². The van der Waals surface area contributed by atoms with Crippen molar-refractivity contribution in [2.45, 2.75) is 13.3 Å². The summed E-state index contributed by atoms with van der Waals surface area (Å²) in [5.74, 6) is 5.72. The first-order valence-corrected chi connectivity index (χ1v) is 2.95. The number of nitrogens with two attached hydrogens (primary N) is 1. The Balaban J connectivity index is 3.45. The molecule has 0 aliphatic heterocycles. The molecule has 9 heavy (non-hydrogen) atoms. The van der Waals surface area contributed by atoms with Gasteiger partial charge < -0.3 is 10.7 Å². The van der Waals surface area contributed by atoms with Gasteiger partial charge in [0.05, 0.1) is 0 Å². The maximum absolute atomic E-state index is 5.07. The van der Waals surface area contributed by atoms with Gasteiger partial charge in [0.15, 0.2) is 5.82 Å². The van der Waals surface area contributed by atoms with Gasteiger partial charge >= 0.3 is 0 Å². The Kier molecular flexibility index (Phi) is 4.69. The first kappa shape index (κ1) is 8.08. The normalized spacial score (nSPS) is 7.78. The van der Waals surface area contributed by atoms with Crippen LogP contribution in [0.5, 0.6) is 0 Å². The fraction of sp³-hybridized carbons (Fsp3) is 0.500. The zero-order valence-corrected chi connectivity index (χ0v) is 5.70. The van der Waals surface area contributed by atoms with Crippen molar-refractivity contribution in [1.29, 1.82) is 0 Å². The maximum Gasteiger partial charge on any atom is 0.157 e. The summed E-state index contributed by atoms with van der Waals surface area (Å²) in [7, 11) is 0. The van der Waals surface area contributed by atoms with Crippen LogP contribution in [0.2, 0.25) is 0 Å². The highest BCUT2D eigenvalue weighted by Crippen LogP contribution is 1.75. The maximum atomic E-state index is 5.07. The molecule has 0 fully saturated rings. The second kappa shape index (κ2) is 5.22. The van der Waals surface area contributed by atoms with Crippen LogP contribution in [0.1, 0.15) is 13.3 Å². The zero-order chi connectivity index (χ0) is 7.11. The van der Waals surface area contributed by atoms with E-state index in [1.54, 1.807) is 0 Å². The summed E-state index contributed by atoms with van der Waals surface area (Å²) in [6, 6.07) is 0. The molecule has 0 radical (unpaired) electrons. The highest BCUT2D eigenvalue weighted by atomic mass is 15.3. The predicted molar refractivity (Wildman–Crippen MR) is 38.3 cm³/mol. The van der Waals surface area contributed by atoms with Gasteiger partial charge in [0.1, 0.15) is 0 Å². The molecule has 3 nitrogen and oxygen atoms in total. The lowest BCUT2D eigenvalue weighted by atomic mass is 10.5. The quantitative estimate of drug-likeness (QED) is 0.285. The molecule has 0 aromatic rings. The van der Waals surface area contributed by atoms with Gasteiger partial charge in [0.25, 0.3) is 0 Å². The van der Waals surface area contributed by atoms with Crippen LogP contribution >= 0.6 is 0 Å². The van der Waals surface area contributed by atoms with Crippen molar-refractivity contribution in [2.24, 2.45) is 5.84 Å². The molecule has 0 saturated heterocycles. The third kappa shape index (κ3) is 3.64. The van der Waals surface area contributed by atoms with E-state index in [-0.39, 0.29) is 0 Å². The van der Waals surface area contributed by atoms with E-state index in [2.05, 4.69) is 30.0 Å². The summed E-state index contributed by atoms with van der Waals surface area (Å²) in [5.41, 5.74) is 5.02. The molecule has 0 saturated carbocycles. The molecule has 4 N–H and O–H groups in total. The first-order chi connectivity index (χ1) is 4.35. The molecular formula is C6H13N3. The van der Waals surface area contributed by atoms with Crippen LogP contribution in [-0.2, 0) is 0 Å². The SMILES string of the molecule is C=C=C(NN)NCCC. The van der Waals surface area contributed by atoms with E-state index >= 15 is 0 Å². The van der Waals surface area contributed by atoms with Crippen LogP contribution in [0.25, 0.3) is 0 Å². The molecule has 3 heteroatoms. The van der Waals surface area contributed by atoms with Crippen molar-refractivity contribution in [2.75, 3.05) is 6.54 Å². The van der Waals surface area contributed by atoms with Crippen molar-refractivity contribution in [3.8, 4) is 0 Å². The summed E-state index contributed by atoms with van der Waals surface area (Å²) in [6.45, 7) is 6.38. The van der Waals surface area contributed by atoms with Crippen LogP contribution in [0.15, 0.2) is 18.1 Å². The zero-order valence-electron chi connectivity index (χ0n) is 5.70. The lowest BCUT2D eigenvalue weighted by Gasteiger charge is -2.04. The summed E-state index contributed by atoms with van der Waals surface area (Å²) in [5, 5.41) is 2.98. The fourth-order valence-electron chi connectivity index (χ4n) is 0.415. The Bertz CT molecular complexity index is 113. The van der Waals surface area contributed by atoms with Crippen LogP contribution in [0.4, 0.5) is 0 Å². The Morgan fingerprint density at radius 2 is 2.44 bits per heavy atom. The number of hydrogen-bond acceptors (Lipinski definition) is 3. The molecule has 52 valence electrons. The van der Waals surface area contributed by atoms with E-state index in [4.69, 9.17) is 5.84 Å². The predicted octanol–water partition coefficient (Wildman–Crippen LogP) is 0.0756. The monoisotopic (exact) mass is 127 g/mol. The van der Waals surface area contributed by atoms with Gasteiger partial charge in [-0.15, -0.1) is 0 Å². The van der Waals surface area contributed by atoms with Gasteiger partial charge in [0, 0.05) is 6.54 Å². The highest BCUT2D eigenvalue weighted by molar-refractivity contribution is 4.90. The van der Waals surface area contributed by atoms with Crippen LogP contribution in [0.3, 0.4) is 0 Å². The summed E-state index contributed by atoms with van der Waals surface area (Å²) >= 11 is 0. The van der Waals surface area contributed by atoms with Crippen LogP contribution in [-0.4, -0.2) is 6.54 Å². The molecule has 0 aromatic carbocycles.